The monoisotopic (exact) mass is 460 g/mol. The second-order valence-electron chi connectivity index (χ2n) is 6.34. The summed E-state index contributed by atoms with van der Waals surface area (Å²) in [4.78, 5) is 35.3. The van der Waals surface area contributed by atoms with E-state index < -0.39 is 52.4 Å². The fraction of sp³-hybridized carbons (Fsp3) is 0.611. The van der Waals surface area contributed by atoms with E-state index in [2.05, 4.69) is 13.2 Å². The van der Waals surface area contributed by atoms with Gasteiger partial charge in [-0.2, -0.15) is 8.42 Å². The van der Waals surface area contributed by atoms with Crippen molar-refractivity contribution >= 4 is 28.0 Å². The van der Waals surface area contributed by atoms with Crippen LogP contribution in [0, 0.1) is 5.92 Å². The summed E-state index contributed by atoms with van der Waals surface area (Å²) in [5.41, 5.74) is 0.253. The maximum atomic E-state index is 12.2. The van der Waals surface area contributed by atoms with Crippen LogP contribution < -0.4 is 51.4 Å². The molecule has 0 aromatic carbocycles. The minimum absolute atomic E-state index is 0. The molecular weight excluding hydrogens is 431 g/mol. The minimum Gasteiger partial charge on any atom is -1.00 e. The molecule has 0 aliphatic heterocycles. The number of hydrogen-bond acceptors (Lipinski definition) is 8. The van der Waals surface area contributed by atoms with Crippen molar-refractivity contribution in [2.45, 2.75) is 45.3 Å². The fourth-order valence-corrected chi connectivity index (χ4v) is 2.88. The SMILES string of the molecule is C=C(C)C(=O)OCC(COC(=O)C(=C)C)C(=O)OCCC(CCC)S(=O)(=O)O.[H-].[K+]. The molecule has 0 radical (unpaired) electrons. The zero-order valence-corrected chi connectivity index (χ0v) is 21.4. The minimum atomic E-state index is -4.26. The van der Waals surface area contributed by atoms with Gasteiger partial charge in [-0.25, -0.2) is 9.59 Å². The van der Waals surface area contributed by atoms with E-state index in [1.807, 2.05) is 0 Å². The van der Waals surface area contributed by atoms with Gasteiger partial charge >= 0.3 is 69.3 Å². The van der Waals surface area contributed by atoms with Crippen LogP contribution >= 0.6 is 0 Å². The number of carbonyl (C=O) groups excluding carboxylic acids is 3. The molecule has 0 saturated heterocycles. The van der Waals surface area contributed by atoms with E-state index in [1.165, 1.54) is 13.8 Å². The number of hydrogen-bond donors (Lipinski definition) is 1. The van der Waals surface area contributed by atoms with E-state index in [4.69, 9.17) is 14.2 Å². The van der Waals surface area contributed by atoms with E-state index in [9.17, 15) is 27.4 Å². The molecule has 0 fully saturated rings. The molecule has 0 heterocycles. The first-order valence-electron chi connectivity index (χ1n) is 8.68. The van der Waals surface area contributed by atoms with Gasteiger partial charge in [-0.1, -0.05) is 26.5 Å². The van der Waals surface area contributed by atoms with Crippen molar-refractivity contribution in [3.05, 3.63) is 24.3 Å². The van der Waals surface area contributed by atoms with Crippen molar-refractivity contribution in [3.63, 3.8) is 0 Å². The molecule has 0 aromatic rings. The first kappa shape index (κ1) is 30.6. The molecule has 9 nitrogen and oxygen atoms in total. The van der Waals surface area contributed by atoms with E-state index in [-0.39, 0.29) is 83.4 Å². The molecule has 1 N–H and O–H groups in total. The van der Waals surface area contributed by atoms with Crippen LogP contribution in [0.25, 0.3) is 0 Å². The smallest absolute Gasteiger partial charge is 1.00 e. The van der Waals surface area contributed by atoms with Gasteiger partial charge in [0.1, 0.15) is 19.1 Å². The average Bonchev–Trinajstić information content (AvgIpc) is 2.59. The van der Waals surface area contributed by atoms with Gasteiger partial charge in [-0.05, 0) is 20.3 Å². The average molecular weight is 461 g/mol. The number of esters is 3. The summed E-state index contributed by atoms with van der Waals surface area (Å²) < 4.78 is 46.6. The molecule has 0 bridgehead atoms. The van der Waals surface area contributed by atoms with Gasteiger partial charge in [-0.15, -0.1) is 0 Å². The molecule has 1 unspecified atom stereocenters. The summed E-state index contributed by atoms with van der Waals surface area (Å²) in [7, 11) is -4.26. The normalized spacial score (nSPS) is 11.8. The van der Waals surface area contributed by atoms with Crippen LogP contribution in [0.1, 0.15) is 41.5 Å². The Bertz CT molecular complexity index is 676. The molecule has 0 aliphatic carbocycles. The van der Waals surface area contributed by atoms with Gasteiger partial charge < -0.3 is 15.6 Å². The van der Waals surface area contributed by atoms with Gasteiger partial charge in [-0.3, -0.25) is 9.35 Å². The summed E-state index contributed by atoms with van der Waals surface area (Å²) in [5, 5.41) is -1.05. The van der Waals surface area contributed by atoms with Gasteiger partial charge in [0.05, 0.1) is 11.9 Å². The maximum absolute atomic E-state index is 12.2. The van der Waals surface area contributed by atoms with Crippen molar-refractivity contribution in [1.29, 1.82) is 0 Å². The van der Waals surface area contributed by atoms with Crippen LogP contribution in [0.15, 0.2) is 24.3 Å². The van der Waals surface area contributed by atoms with Crippen LogP contribution in [-0.4, -0.2) is 55.9 Å². The third-order valence-corrected chi connectivity index (χ3v) is 4.89. The zero-order valence-electron chi connectivity index (χ0n) is 18.4. The third-order valence-electron chi connectivity index (χ3n) is 3.58. The second kappa shape index (κ2) is 15.3. The van der Waals surface area contributed by atoms with Gasteiger partial charge in [0.25, 0.3) is 10.1 Å². The van der Waals surface area contributed by atoms with Crippen molar-refractivity contribution in [2.24, 2.45) is 5.92 Å². The Morgan fingerprint density at radius 1 is 0.966 bits per heavy atom. The Kier molecular flexibility index (Phi) is 16.1. The largest absolute Gasteiger partial charge is 1.00 e. The fourth-order valence-electron chi connectivity index (χ4n) is 1.96. The quantitative estimate of drug-likeness (QED) is 0.120. The molecule has 0 aliphatic rings. The third kappa shape index (κ3) is 13.4. The maximum Gasteiger partial charge on any atom is 1.00 e. The van der Waals surface area contributed by atoms with E-state index in [0.29, 0.717) is 6.42 Å². The Morgan fingerprint density at radius 3 is 1.76 bits per heavy atom. The van der Waals surface area contributed by atoms with Crippen molar-refractivity contribution in [1.82, 2.24) is 0 Å². The second-order valence-corrected chi connectivity index (χ2v) is 8.03. The van der Waals surface area contributed by atoms with Crippen molar-refractivity contribution in [3.8, 4) is 0 Å². The van der Waals surface area contributed by atoms with Crippen LogP contribution in [0.5, 0.6) is 0 Å². The molecule has 0 rings (SSSR count). The topological polar surface area (TPSA) is 133 Å². The molecule has 11 heteroatoms. The van der Waals surface area contributed by atoms with Gasteiger partial charge in [0.15, 0.2) is 0 Å². The van der Waals surface area contributed by atoms with Crippen LogP contribution in [0.4, 0.5) is 0 Å². The van der Waals surface area contributed by atoms with Crippen LogP contribution in [0.3, 0.4) is 0 Å². The van der Waals surface area contributed by atoms with Crippen molar-refractivity contribution < 1.29 is 94.4 Å². The standard InChI is InChI=1S/C18H28O9S.K.H/c1-6-7-15(28(22,23)24)8-9-25-18(21)14(10-26-16(19)12(2)3)11-27-17(20)13(4)5;;/h14-15H,2,4,6-11H2,1,3,5H3,(H,22,23,24);;/q;+1;-1. The zero-order chi connectivity index (χ0) is 21.9. The Balaban J connectivity index is -0.00000364. The van der Waals surface area contributed by atoms with Gasteiger partial charge in [0, 0.05) is 17.6 Å². The summed E-state index contributed by atoms with van der Waals surface area (Å²) in [6.45, 7) is 10.4. The summed E-state index contributed by atoms with van der Waals surface area (Å²) in [6.07, 6.45) is 0.642. The predicted octanol–water partition coefficient (Wildman–Crippen LogP) is -1.05. The molecule has 162 valence electrons. The summed E-state index contributed by atoms with van der Waals surface area (Å²) in [6, 6.07) is 0. The van der Waals surface area contributed by atoms with Crippen LogP contribution in [0.2, 0.25) is 0 Å². The molecular formula is C18H29KO9S. The first-order chi connectivity index (χ1) is 12.9. The number of ether oxygens (including phenoxy) is 3. The number of carbonyl (C=O) groups is 3. The van der Waals surface area contributed by atoms with Crippen molar-refractivity contribution in [2.75, 3.05) is 19.8 Å². The molecule has 0 amide bonds. The molecule has 29 heavy (non-hydrogen) atoms. The molecule has 0 aromatic heterocycles. The van der Waals surface area contributed by atoms with E-state index in [1.54, 1.807) is 6.92 Å². The summed E-state index contributed by atoms with van der Waals surface area (Å²) in [5.74, 6) is -3.40. The Morgan fingerprint density at radius 2 is 1.41 bits per heavy atom. The molecule has 0 spiro atoms. The van der Waals surface area contributed by atoms with E-state index in [0.717, 1.165) is 0 Å². The molecule has 0 saturated carbocycles. The van der Waals surface area contributed by atoms with Gasteiger partial charge in [0.2, 0.25) is 0 Å². The summed E-state index contributed by atoms with van der Waals surface area (Å²) >= 11 is 0. The Labute approximate surface area is 215 Å². The Hall–Kier alpha value is -0.564. The predicted molar refractivity (Wildman–Crippen MR) is 102 cm³/mol. The molecule has 1 atom stereocenters. The first-order valence-corrected chi connectivity index (χ1v) is 10.2. The number of rotatable bonds is 13. The van der Waals surface area contributed by atoms with E-state index >= 15 is 0 Å². The van der Waals surface area contributed by atoms with Crippen LogP contribution in [-0.2, 0) is 38.7 Å².